The van der Waals surface area contributed by atoms with Crippen LogP contribution in [-0.4, -0.2) is 58.7 Å². The van der Waals surface area contributed by atoms with Crippen molar-refractivity contribution in [3.8, 4) is 0 Å². The smallest absolute Gasteiger partial charge is 0.336 e. The predicted molar refractivity (Wildman–Crippen MR) is 66.3 cm³/mol. The number of nitrogens with zero attached hydrogens (tertiary/aromatic N) is 4. The number of hydrogen-bond donors (Lipinski definition) is 0. The van der Waals surface area contributed by atoms with Gasteiger partial charge in [0.05, 0.1) is 5.56 Å². The Morgan fingerprint density at radius 1 is 1.15 bits per heavy atom. The number of carbonyl (C=O) groups is 1. The summed E-state index contributed by atoms with van der Waals surface area (Å²) in [5, 5.41) is 3.45. The number of rotatable bonds is 1. The highest BCUT2D eigenvalue weighted by Crippen LogP contribution is 2.33. The molecule has 0 spiro atoms. The van der Waals surface area contributed by atoms with Gasteiger partial charge in [0.2, 0.25) is 0 Å². The van der Waals surface area contributed by atoms with Crippen molar-refractivity contribution in [2.75, 3.05) is 33.2 Å². The van der Waals surface area contributed by atoms with E-state index in [1.165, 1.54) is 18.9 Å². The second-order valence-corrected chi connectivity index (χ2v) is 5.03. The number of amides is 1. The number of aromatic nitrogens is 2. The molecule has 0 aromatic carbocycles. The first-order valence-corrected chi connectivity index (χ1v) is 6.30. The highest BCUT2D eigenvalue weighted by molar-refractivity contribution is 5.96. The second kappa shape index (κ2) is 5.08. The van der Waals surface area contributed by atoms with E-state index in [-0.39, 0.29) is 11.3 Å². The molecule has 0 radical (unpaired) electrons. The lowest BCUT2D eigenvalue weighted by Gasteiger charge is -2.32. The average molecular weight is 290 g/mol. The Hall–Kier alpha value is -1.57. The zero-order valence-electron chi connectivity index (χ0n) is 11.7. The van der Waals surface area contributed by atoms with E-state index in [1.807, 2.05) is 11.9 Å². The molecule has 0 aliphatic carbocycles. The van der Waals surface area contributed by atoms with Crippen molar-refractivity contribution in [1.29, 1.82) is 0 Å². The summed E-state index contributed by atoms with van der Waals surface area (Å²) in [6.07, 6.45) is -4.62. The first-order chi connectivity index (χ1) is 9.21. The number of alkyl halides is 3. The van der Waals surface area contributed by atoms with E-state index in [0.717, 1.165) is 4.68 Å². The van der Waals surface area contributed by atoms with Crippen molar-refractivity contribution in [3.63, 3.8) is 0 Å². The van der Waals surface area contributed by atoms with Gasteiger partial charge in [-0.15, -0.1) is 0 Å². The molecule has 1 amide bonds. The molecule has 2 rings (SSSR count). The van der Waals surface area contributed by atoms with E-state index in [0.29, 0.717) is 26.2 Å². The minimum absolute atomic E-state index is 0.237. The molecule has 0 unspecified atom stereocenters. The number of aryl methyl sites for hydroxylation is 1. The summed E-state index contributed by atoms with van der Waals surface area (Å²) in [5.41, 5.74) is -1.19. The number of likely N-dealkylation sites (N-methyl/N-ethyl adjacent to an activating group) is 1. The van der Waals surface area contributed by atoms with Crippen molar-refractivity contribution in [1.82, 2.24) is 19.6 Å². The molecular weight excluding hydrogens is 273 g/mol. The maximum absolute atomic E-state index is 13.0. The van der Waals surface area contributed by atoms with Crippen LogP contribution in [0.2, 0.25) is 0 Å². The Morgan fingerprint density at radius 3 is 2.20 bits per heavy atom. The molecule has 1 saturated heterocycles. The van der Waals surface area contributed by atoms with Gasteiger partial charge in [-0.2, -0.15) is 18.3 Å². The third-order valence-corrected chi connectivity index (χ3v) is 3.61. The van der Waals surface area contributed by atoms with E-state index >= 15 is 0 Å². The molecule has 0 saturated carbocycles. The van der Waals surface area contributed by atoms with Crippen LogP contribution in [0, 0.1) is 6.92 Å². The van der Waals surface area contributed by atoms with Gasteiger partial charge in [0.15, 0.2) is 5.69 Å². The molecule has 5 nitrogen and oxygen atoms in total. The molecule has 0 N–H and O–H groups in total. The van der Waals surface area contributed by atoms with Gasteiger partial charge in [-0.1, -0.05) is 0 Å². The summed E-state index contributed by atoms with van der Waals surface area (Å²) in [6, 6.07) is 0. The van der Waals surface area contributed by atoms with Crippen molar-refractivity contribution in [2.24, 2.45) is 7.05 Å². The van der Waals surface area contributed by atoms with Gasteiger partial charge in [-0.25, -0.2) is 0 Å². The van der Waals surface area contributed by atoms with Gasteiger partial charge in [-0.05, 0) is 14.0 Å². The molecule has 20 heavy (non-hydrogen) atoms. The Labute approximate surface area is 114 Å². The summed E-state index contributed by atoms with van der Waals surface area (Å²) < 4.78 is 40.0. The van der Waals surface area contributed by atoms with Gasteiger partial charge in [0.25, 0.3) is 5.91 Å². The zero-order chi connectivity index (χ0) is 15.1. The van der Waals surface area contributed by atoms with Gasteiger partial charge >= 0.3 is 6.18 Å². The summed E-state index contributed by atoms with van der Waals surface area (Å²) in [6.45, 7) is 3.66. The van der Waals surface area contributed by atoms with Gasteiger partial charge in [-0.3, -0.25) is 9.48 Å². The largest absolute Gasteiger partial charge is 0.435 e. The van der Waals surface area contributed by atoms with E-state index in [1.54, 1.807) is 0 Å². The summed E-state index contributed by atoms with van der Waals surface area (Å²) >= 11 is 0. The first-order valence-electron chi connectivity index (χ1n) is 6.30. The van der Waals surface area contributed by atoms with Gasteiger partial charge in [0, 0.05) is 38.9 Å². The molecule has 1 aliphatic heterocycles. The first kappa shape index (κ1) is 14.8. The Balaban J connectivity index is 2.34. The van der Waals surface area contributed by atoms with E-state index in [9.17, 15) is 18.0 Å². The highest BCUT2D eigenvalue weighted by Gasteiger charge is 2.41. The maximum Gasteiger partial charge on any atom is 0.435 e. The molecule has 2 heterocycles. The van der Waals surface area contributed by atoms with Gasteiger partial charge < -0.3 is 9.80 Å². The average Bonchev–Trinajstić information content (AvgIpc) is 2.66. The van der Waals surface area contributed by atoms with Crippen LogP contribution in [0.4, 0.5) is 13.2 Å². The normalized spacial score (nSPS) is 17.6. The lowest BCUT2D eigenvalue weighted by atomic mass is 10.1. The van der Waals surface area contributed by atoms with E-state index < -0.39 is 17.8 Å². The van der Waals surface area contributed by atoms with Crippen molar-refractivity contribution < 1.29 is 18.0 Å². The lowest BCUT2D eigenvalue weighted by molar-refractivity contribution is -0.141. The van der Waals surface area contributed by atoms with Crippen molar-refractivity contribution >= 4 is 5.91 Å². The van der Waals surface area contributed by atoms with Crippen molar-refractivity contribution in [2.45, 2.75) is 13.1 Å². The molecule has 0 atom stereocenters. The van der Waals surface area contributed by atoms with Crippen LogP contribution in [-0.2, 0) is 13.2 Å². The molecule has 1 aromatic rings. The lowest BCUT2D eigenvalue weighted by Crippen LogP contribution is -2.47. The Kier molecular flexibility index (Phi) is 3.77. The highest BCUT2D eigenvalue weighted by atomic mass is 19.4. The number of piperazine rings is 1. The van der Waals surface area contributed by atoms with Gasteiger partial charge in [0.1, 0.15) is 0 Å². The molecule has 1 fully saturated rings. The van der Waals surface area contributed by atoms with Crippen LogP contribution in [0.3, 0.4) is 0 Å². The Morgan fingerprint density at radius 2 is 1.70 bits per heavy atom. The van der Waals surface area contributed by atoms with E-state index in [2.05, 4.69) is 5.10 Å². The van der Waals surface area contributed by atoms with Crippen LogP contribution in [0.5, 0.6) is 0 Å². The van der Waals surface area contributed by atoms with Crippen molar-refractivity contribution in [3.05, 3.63) is 17.0 Å². The Bertz CT molecular complexity index is 516. The SMILES string of the molecule is Cc1c(C(=O)N2CCN(C)CC2)c(C(F)(F)F)nn1C. The maximum atomic E-state index is 13.0. The quantitative estimate of drug-likeness (QED) is 0.779. The fraction of sp³-hybridized carbons (Fsp3) is 0.667. The topological polar surface area (TPSA) is 41.4 Å². The summed E-state index contributed by atoms with van der Waals surface area (Å²) in [7, 11) is 3.32. The molecule has 0 bridgehead atoms. The third-order valence-electron chi connectivity index (χ3n) is 3.61. The fourth-order valence-corrected chi connectivity index (χ4v) is 2.23. The minimum Gasteiger partial charge on any atom is -0.336 e. The molecule has 1 aliphatic rings. The molecule has 112 valence electrons. The van der Waals surface area contributed by atoms with E-state index in [4.69, 9.17) is 0 Å². The number of hydrogen-bond acceptors (Lipinski definition) is 3. The molecular formula is C12H17F3N4O. The number of halogens is 3. The number of carbonyl (C=O) groups excluding carboxylic acids is 1. The summed E-state index contributed by atoms with van der Waals surface area (Å²) in [5.74, 6) is -0.587. The minimum atomic E-state index is -4.62. The van der Waals surface area contributed by atoms with Crippen LogP contribution in [0.1, 0.15) is 21.7 Å². The van der Waals surface area contributed by atoms with Crippen LogP contribution < -0.4 is 0 Å². The van der Waals surface area contributed by atoms with Crippen LogP contribution in [0.25, 0.3) is 0 Å². The van der Waals surface area contributed by atoms with Crippen LogP contribution >= 0.6 is 0 Å². The fourth-order valence-electron chi connectivity index (χ4n) is 2.23. The van der Waals surface area contributed by atoms with Crippen LogP contribution in [0.15, 0.2) is 0 Å². The standard InChI is InChI=1S/C12H17F3N4O/c1-8-9(10(12(13,14)15)16-18(8)3)11(20)19-6-4-17(2)5-7-19/h4-7H2,1-3H3. The third kappa shape index (κ3) is 2.65. The predicted octanol–water partition coefficient (Wildman–Crippen LogP) is 1.13. The summed E-state index contributed by atoms with van der Waals surface area (Å²) in [4.78, 5) is 15.9. The molecule has 8 heteroatoms. The zero-order valence-corrected chi connectivity index (χ0v) is 11.7. The second-order valence-electron chi connectivity index (χ2n) is 5.03. The monoisotopic (exact) mass is 290 g/mol. The molecule has 1 aromatic heterocycles.